The molecule has 0 radical (unpaired) electrons. The Bertz CT molecular complexity index is 743. The van der Waals surface area contributed by atoms with Crippen molar-refractivity contribution in [3.63, 3.8) is 0 Å². The summed E-state index contributed by atoms with van der Waals surface area (Å²) in [6.45, 7) is 1.50. The van der Waals surface area contributed by atoms with Crippen molar-refractivity contribution in [3.8, 4) is 0 Å². The fourth-order valence-corrected chi connectivity index (χ4v) is 2.48. The molecule has 0 aliphatic rings. The van der Waals surface area contributed by atoms with Crippen LogP contribution in [0.2, 0.25) is 0 Å². The Morgan fingerprint density at radius 2 is 2.00 bits per heavy atom. The van der Waals surface area contributed by atoms with E-state index in [9.17, 15) is 0 Å². The van der Waals surface area contributed by atoms with Crippen LogP contribution in [0, 0.1) is 0 Å². The molecule has 0 spiro atoms. The van der Waals surface area contributed by atoms with Gasteiger partial charge in [-0.1, -0.05) is 24.3 Å². The number of aromatic amines is 1. The number of H-pyrrole nitrogens is 1. The molecule has 0 aliphatic carbocycles. The van der Waals surface area contributed by atoms with E-state index in [0.717, 1.165) is 35.8 Å². The van der Waals surface area contributed by atoms with Gasteiger partial charge in [0.2, 0.25) is 0 Å². The molecule has 0 saturated carbocycles. The topological polar surface area (TPSA) is 65.1 Å². The summed E-state index contributed by atoms with van der Waals surface area (Å²) in [7, 11) is 1.78. The van der Waals surface area contributed by atoms with Gasteiger partial charge < -0.3 is 15.6 Å². The first-order valence-corrected chi connectivity index (χ1v) is 7.76. The Hall–Kier alpha value is -2.82. The SMILES string of the molecule is CN=C(NCCc1ccccn1)NCc1cc2ccccc2[nH]1. The van der Waals surface area contributed by atoms with E-state index in [4.69, 9.17) is 0 Å². The maximum absolute atomic E-state index is 4.31. The number of rotatable bonds is 5. The molecule has 23 heavy (non-hydrogen) atoms. The van der Waals surface area contributed by atoms with E-state index in [1.807, 2.05) is 36.5 Å². The van der Waals surface area contributed by atoms with Crippen LogP contribution in [0.3, 0.4) is 0 Å². The molecule has 3 rings (SSSR count). The van der Waals surface area contributed by atoms with Crippen LogP contribution in [0.1, 0.15) is 11.4 Å². The summed E-state index contributed by atoms with van der Waals surface area (Å²) >= 11 is 0. The van der Waals surface area contributed by atoms with Crippen LogP contribution in [0.25, 0.3) is 10.9 Å². The third-order valence-corrected chi connectivity index (χ3v) is 3.66. The number of aliphatic imine (C=N–C) groups is 1. The summed E-state index contributed by atoms with van der Waals surface area (Å²) in [4.78, 5) is 12.0. The highest BCUT2D eigenvalue weighted by Crippen LogP contribution is 2.14. The summed E-state index contributed by atoms with van der Waals surface area (Å²) in [6, 6.07) is 16.4. The normalized spacial score (nSPS) is 11.6. The monoisotopic (exact) mass is 307 g/mol. The molecule has 0 amide bonds. The van der Waals surface area contributed by atoms with Crippen LogP contribution < -0.4 is 10.6 Å². The third-order valence-electron chi connectivity index (χ3n) is 3.66. The highest BCUT2D eigenvalue weighted by molar-refractivity contribution is 5.81. The molecule has 3 aromatic rings. The number of hydrogen-bond donors (Lipinski definition) is 3. The van der Waals surface area contributed by atoms with Crippen LogP contribution in [-0.4, -0.2) is 29.5 Å². The molecule has 5 heteroatoms. The van der Waals surface area contributed by atoms with E-state index >= 15 is 0 Å². The number of benzene rings is 1. The molecule has 118 valence electrons. The summed E-state index contributed by atoms with van der Waals surface area (Å²) in [5, 5.41) is 7.85. The van der Waals surface area contributed by atoms with E-state index in [0.29, 0.717) is 6.54 Å². The van der Waals surface area contributed by atoms with Crippen molar-refractivity contribution in [1.82, 2.24) is 20.6 Å². The van der Waals surface area contributed by atoms with E-state index < -0.39 is 0 Å². The number of aromatic nitrogens is 2. The van der Waals surface area contributed by atoms with Crippen molar-refractivity contribution in [2.24, 2.45) is 4.99 Å². The summed E-state index contributed by atoms with van der Waals surface area (Å²) in [5.41, 5.74) is 3.37. The first-order chi connectivity index (χ1) is 11.3. The van der Waals surface area contributed by atoms with E-state index in [-0.39, 0.29) is 0 Å². The molecule has 2 aromatic heterocycles. The highest BCUT2D eigenvalue weighted by atomic mass is 15.2. The molecule has 0 fully saturated rings. The summed E-state index contributed by atoms with van der Waals surface area (Å²) < 4.78 is 0. The standard InChI is InChI=1S/C18H21N5/c1-19-18(21-11-9-15-7-4-5-10-20-15)22-13-16-12-14-6-2-3-8-17(14)23-16/h2-8,10,12,23H,9,11,13H2,1H3,(H2,19,21,22). The van der Waals surface area contributed by atoms with Gasteiger partial charge in [0.05, 0.1) is 6.54 Å². The van der Waals surface area contributed by atoms with E-state index in [1.54, 1.807) is 7.05 Å². The number of hydrogen-bond acceptors (Lipinski definition) is 2. The van der Waals surface area contributed by atoms with Gasteiger partial charge in [0, 0.05) is 43.1 Å². The average Bonchev–Trinajstić information content (AvgIpc) is 3.01. The molecule has 0 saturated heterocycles. The summed E-state index contributed by atoms with van der Waals surface area (Å²) in [5.74, 6) is 0.791. The van der Waals surface area contributed by atoms with Crippen molar-refractivity contribution in [1.29, 1.82) is 0 Å². The minimum atomic E-state index is 0.706. The van der Waals surface area contributed by atoms with Gasteiger partial charge in [-0.05, 0) is 29.7 Å². The zero-order valence-electron chi connectivity index (χ0n) is 13.2. The molecular formula is C18H21N5. The predicted octanol–water partition coefficient (Wildman–Crippen LogP) is 2.47. The van der Waals surface area contributed by atoms with Gasteiger partial charge in [-0.25, -0.2) is 0 Å². The molecule has 0 aliphatic heterocycles. The van der Waals surface area contributed by atoms with Crippen molar-refractivity contribution in [3.05, 3.63) is 66.1 Å². The lowest BCUT2D eigenvalue weighted by molar-refractivity contribution is 0.778. The second kappa shape index (κ2) is 7.45. The molecule has 1 aromatic carbocycles. The van der Waals surface area contributed by atoms with Crippen LogP contribution in [0.4, 0.5) is 0 Å². The minimum absolute atomic E-state index is 0.706. The number of pyridine rings is 1. The third kappa shape index (κ3) is 4.10. The number of fused-ring (bicyclic) bond motifs is 1. The van der Waals surface area contributed by atoms with Crippen molar-refractivity contribution in [2.45, 2.75) is 13.0 Å². The lowest BCUT2D eigenvalue weighted by Crippen LogP contribution is -2.38. The molecule has 5 nitrogen and oxygen atoms in total. The first-order valence-electron chi connectivity index (χ1n) is 7.76. The number of nitrogens with one attached hydrogen (secondary N) is 3. The van der Waals surface area contributed by atoms with Gasteiger partial charge in [0.15, 0.2) is 5.96 Å². The number of para-hydroxylation sites is 1. The van der Waals surface area contributed by atoms with E-state index in [1.165, 1.54) is 5.39 Å². The van der Waals surface area contributed by atoms with Crippen molar-refractivity contribution in [2.75, 3.05) is 13.6 Å². The minimum Gasteiger partial charge on any atom is -0.357 e. The molecule has 0 bridgehead atoms. The van der Waals surface area contributed by atoms with Gasteiger partial charge in [0.25, 0.3) is 0 Å². The Morgan fingerprint density at radius 1 is 1.13 bits per heavy atom. The molecule has 2 heterocycles. The smallest absolute Gasteiger partial charge is 0.191 e. The summed E-state index contributed by atoms with van der Waals surface area (Å²) in [6.07, 6.45) is 2.69. The Labute approximate surface area is 135 Å². The van der Waals surface area contributed by atoms with Crippen LogP contribution in [0.15, 0.2) is 59.7 Å². The number of nitrogens with zero attached hydrogens (tertiary/aromatic N) is 2. The zero-order valence-corrected chi connectivity index (χ0v) is 13.2. The van der Waals surface area contributed by atoms with E-state index in [2.05, 4.69) is 43.8 Å². The predicted molar refractivity (Wildman–Crippen MR) is 94.4 cm³/mol. The van der Waals surface area contributed by atoms with Gasteiger partial charge in [-0.15, -0.1) is 0 Å². The Balaban J connectivity index is 1.49. The zero-order chi connectivity index (χ0) is 15.9. The van der Waals surface area contributed by atoms with Gasteiger partial charge >= 0.3 is 0 Å². The van der Waals surface area contributed by atoms with Crippen LogP contribution in [-0.2, 0) is 13.0 Å². The number of guanidine groups is 1. The maximum atomic E-state index is 4.31. The molecule has 0 atom stereocenters. The second-order valence-electron chi connectivity index (χ2n) is 5.31. The van der Waals surface area contributed by atoms with Crippen LogP contribution in [0.5, 0.6) is 0 Å². The lowest BCUT2D eigenvalue weighted by atomic mass is 10.2. The highest BCUT2D eigenvalue weighted by Gasteiger charge is 2.02. The largest absolute Gasteiger partial charge is 0.357 e. The fraction of sp³-hybridized carbons (Fsp3) is 0.222. The molecule has 3 N–H and O–H groups in total. The van der Waals surface area contributed by atoms with Gasteiger partial charge in [0.1, 0.15) is 0 Å². The molecule has 0 unspecified atom stereocenters. The Morgan fingerprint density at radius 3 is 2.78 bits per heavy atom. The van der Waals surface area contributed by atoms with Crippen LogP contribution >= 0.6 is 0 Å². The van der Waals surface area contributed by atoms with Crippen molar-refractivity contribution < 1.29 is 0 Å². The second-order valence-corrected chi connectivity index (χ2v) is 5.31. The molecular weight excluding hydrogens is 286 g/mol. The first kappa shape index (κ1) is 15.1. The Kier molecular flexibility index (Phi) is 4.88. The fourth-order valence-electron chi connectivity index (χ4n) is 2.48. The average molecular weight is 307 g/mol. The quantitative estimate of drug-likeness (QED) is 0.501. The van der Waals surface area contributed by atoms with Gasteiger partial charge in [-0.2, -0.15) is 0 Å². The lowest BCUT2D eigenvalue weighted by Gasteiger charge is -2.11. The van der Waals surface area contributed by atoms with Gasteiger partial charge in [-0.3, -0.25) is 9.98 Å². The van der Waals surface area contributed by atoms with Crippen molar-refractivity contribution >= 4 is 16.9 Å². The maximum Gasteiger partial charge on any atom is 0.191 e.